The van der Waals surface area contributed by atoms with E-state index >= 15 is 0 Å². The quantitative estimate of drug-likeness (QED) is 0.889. The topological polar surface area (TPSA) is 67.5 Å². The first-order valence-corrected chi connectivity index (χ1v) is 9.22. The highest BCUT2D eigenvalue weighted by atomic mass is 32.2. The molecule has 0 aliphatic carbocycles. The van der Waals surface area contributed by atoms with E-state index in [1.807, 2.05) is 25.1 Å². The zero-order valence-corrected chi connectivity index (χ0v) is 14.5. The second kappa shape index (κ2) is 7.23. The van der Waals surface area contributed by atoms with Gasteiger partial charge in [-0.25, -0.2) is 4.99 Å². The van der Waals surface area contributed by atoms with Crippen LogP contribution in [0.2, 0.25) is 0 Å². The van der Waals surface area contributed by atoms with Gasteiger partial charge in [-0.1, -0.05) is 53.8 Å². The first-order valence-electron chi connectivity index (χ1n) is 7.36. The van der Waals surface area contributed by atoms with Gasteiger partial charge < -0.3 is 9.84 Å². The maximum absolute atomic E-state index is 12.4. The number of para-hydroxylation sites is 1. The molecule has 0 radical (unpaired) electrons. The number of anilines is 1. The highest BCUT2D eigenvalue weighted by Gasteiger charge is 2.23. The lowest BCUT2D eigenvalue weighted by Crippen LogP contribution is -2.25. The number of benzene rings is 1. The molecule has 1 atom stereocenters. The maximum atomic E-state index is 12.4. The van der Waals surface area contributed by atoms with Crippen molar-refractivity contribution in [1.29, 1.82) is 0 Å². The molecule has 2 aromatic rings. The smallest absolute Gasteiger partial charge is 0.239 e. The molecule has 2 heterocycles. The van der Waals surface area contributed by atoms with E-state index in [-0.39, 0.29) is 11.2 Å². The molecule has 5 nitrogen and oxygen atoms in total. The van der Waals surface area contributed by atoms with E-state index in [2.05, 4.69) is 21.5 Å². The van der Waals surface area contributed by atoms with Crippen molar-refractivity contribution in [2.45, 2.75) is 31.3 Å². The minimum Gasteiger partial charge on any atom is -0.360 e. The number of hydrogen-bond donors (Lipinski definition) is 1. The number of carbonyl (C=O) groups excluding carboxylic acids is 1. The minimum absolute atomic E-state index is 0.0760. The third kappa shape index (κ3) is 3.97. The molecule has 1 N–H and O–H groups in total. The van der Waals surface area contributed by atoms with Crippen molar-refractivity contribution in [2.24, 2.45) is 4.99 Å². The molecule has 120 valence electrons. The van der Waals surface area contributed by atoms with Gasteiger partial charge in [0.15, 0.2) is 5.82 Å². The van der Waals surface area contributed by atoms with Crippen LogP contribution in [0.25, 0.3) is 0 Å². The summed E-state index contributed by atoms with van der Waals surface area (Å²) in [5, 5.41) is 6.39. The van der Waals surface area contributed by atoms with Crippen LogP contribution in [0.3, 0.4) is 0 Å². The van der Waals surface area contributed by atoms with E-state index in [4.69, 9.17) is 4.52 Å². The molecule has 7 heteroatoms. The molecule has 1 aliphatic rings. The largest absolute Gasteiger partial charge is 0.360 e. The molecule has 1 unspecified atom stereocenters. The number of nitrogens with zero attached hydrogens (tertiary/aromatic N) is 2. The summed E-state index contributed by atoms with van der Waals surface area (Å²) in [7, 11) is 0. The Morgan fingerprint density at radius 3 is 3.04 bits per heavy atom. The van der Waals surface area contributed by atoms with Gasteiger partial charge in [-0.2, -0.15) is 0 Å². The highest BCUT2D eigenvalue weighted by Crippen LogP contribution is 2.36. The number of aromatic nitrogens is 1. The molecule has 23 heavy (non-hydrogen) atoms. The van der Waals surface area contributed by atoms with Crippen LogP contribution in [0.5, 0.6) is 0 Å². The number of thioether (sulfide) groups is 2. The lowest BCUT2D eigenvalue weighted by Gasteiger charge is -2.18. The second-order valence-corrected chi connectivity index (χ2v) is 7.54. The van der Waals surface area contributed by atoms with Crippen molar-refractivity contribution in [3.8, 4) is 0 Å². The molecule has 1 aromatic carbocycles. The van der Waals surface area contributed by atoms with Crippen molar-refractivity contribution >= 4 is 45.3 Å². The summed E-state index contributed by atoms with van der Waals surface area (Å²) in [4.78, 5) is 17.0. The molecule has 0 bridgehead atoms. The third-order valence-electron chi connectivity index (χ3n) is 3.34. The Bertz CT molecular complexity index is 742. The van der Waals surface area contributed by atoms with Crippen LogP contribution in [0.4, 0.5) is 11.5 Å². The number of nitrogens with one attached hydrogen (secondary N) is 1. The van der Waals surface area contributed by atoms with Gasteiger partial charge >= 0.3 is 0 Å². The molecule has 0 fully saturated rings. The first kappa shape index (κ1) is 16.1. The van der Waals surface area contributed by atoms with Crippen molar-refractivity contribution in [1.82, 2.24) is 5.16 Å². The monoisotopic (exact) mass is 347 g/mol. The second-order valence-electron chi connectivity index (χ2n) is 5.12. The van der Waals surface area contributed by atoms with Gasteiger partial charge in [-0.3, -0.25) is 4.79 Å². The first-order chi connectivity index (χ1) is 11.2. The lowest BCUT2D eigenvalue weighted by molar-refractivity contribution is -0.115. The summed E-state index contributed by atoms with van der Waals surface area (Å²) in [6, 6.07) is 9.81. The van der Waals surface area contributed by atoms with E-state index < -0.39 is 0 Å². The molecule has 0 saturated heterocycles. The van der Waals surface area contributed by atoms with Gasteiger partial charge in [-0.15, -0.1) is 0 Å². The Labute approximate surface area is 143 Å². The van der Waals surface area contributed by atoms with Gasteiger partial charge in [0.05, 0.1) is 10.9 Å². The Morgan fingerprint density at radius 2 is 2.30 bits per heavy atom. The van der Waals surface area contributed by atoms with Gasteiger partial charge in [0.1, 0.15) is 10.1 Å². The highest BCUT2D eigenvalue weighted by molar-refractivity contribution is 8.39. The summed E-state index contributed by atoms with van der Waals surface area (Å²) < 4.78 is 5.90. The van der Waals surface area contributed by atoms with Gasteiger partial charge in [-0.05, 0) is 25.0 Å². The molecule has 3 rings (SSSR count). The zero-order chi connectivity index (χ0) is 16.2. The molecule has 1 aromatic heterocycles. The molecule has 1 aliphatic heterocycles. The summed E-state index contributed by atoms with van der Waals surface area (Å²) in [5.74, 6) is 1.94. The Morgan fingerprint density at radius 1 is 1.48 bits per heavy atom. The maximum Gasteiger partial charge on any atom is 0.239 e. The minimum atomic E-state index is -0.205. The number of aliphatic imine (C=N–C) groups is 1. The number of amides is 1. The van der Waals surface area contributed by atoms with Crippen LogP contribution in [-0.4, -0.2) is 20.7 Å². The number of carbonyl (C=O) groups is 1. The molecule has 1 amide bonds. The Hall–Kier alpha value is -1.73. The van der Waals surface area contributed by atoms with Crippen LogP contribution in [0.1, 0.15) is 24.7 Å². The van der Waals surface area contributed by atoms with Gasteiger partial charge in [0, 0.05) is 11.8 Å². The summed E-state index contributed by atoms with van der Waals surface area (Å²) in [6.45, 7) is 3.78. The summed E-state index contributed by atoms with van der Waals surface area (Å²) >= 11 is 3.18. The summed E-state index contributed by atoms with van der Waals surface area (Å²) in [6.07, 6.45) is 0.717. The van der Waals surface area contributed by atoms with Crippen LogP contribution in [-0.2, 0) is 10.5 Å². The van der Waals surface area contributed by atoms with E-state index in [0.29, 0.717) is 18.0 Å². The van der Waals surface area contributed by atoms with E-state index in [1.54, 1.807) is 24.8 Å². The predicted octanol–water partition coefficient (Wildman–Crippen LogP) is 4.37. The Balaban J connectivity index is 1.68. The number of rotatable bonds is 4. The summed E-state index contributed by atoms with van der Waals surface area (Å²) in [5.41, 5.74) is 2.23. The van der Waals surface area contributed by atoms with Crippen LogP contribution >= 0.6 is 23.5 Å². The van der Waals surface area contributed by atoms with E-state index in [1.165, 1.54) is 17.3 Å². The van der Waals surface area contributed by atoms with Gasteiger partial charge in [0.2, 0.25) is 5.91 Å². The van der Waals surface area contributed by atoms with Crippen LogP contribution < -0.4 is 5.32 Å². The zero-order valence-electron chi connectivity index (χ0n) is 12.9. The average molecular weight is 347 g/mol. The van der Waals surface area contributed by atoms with E-state index in [9.17, 15) is 4.79 Å². The standard InChI is InChI=1S/C16H17N3O2S2/c1-3-13(15(20)18-14-8-10(2)21-19-14)23-16-17-12-7-5-4-6-11(12)9-22-16/h4-8,13H,3,9H2,1-2H3,(H,18,19,20). The average Bonchev–Trinajstić information content (AvgIpc) is 2.97. The van der Waals surface area contributed by atoms with Crippen molar-refractivity contribution in [2.75, 3.05) is 5.32 Å². The number of hydrogen-bond acceptors (Lipinski definition) is 6. The number of fused-ring (bicyclic) bond motifs is 1. The normalized spacial score (nSPS) is 14.8. The molecule has 0 saturated carbocycles. The van der Waals surface area contributed by atoms with Crippen LogP contribution in [0.15, 0.2) is 39.8 Å². The predicted molar refractivity (Wildman–Crippen MR) is 96.4 cm³/mol. The fourth-order valence-electron chi connectivity index (χ4n) is 2.15. The number of aryl methyl sites for hydroxylation is 1. The fraction of sp³-hybridized carbons (Fsp3) is 0.312. The van der Waals surface area contributed by atoms with Gasteiger partial charge in [0.25, 0.3) is 0 Å². The molecular weight excluding hydrogens is 330 g/mol. The van der Waals surface area contributed by atoms with Crippen molar-refractivity contribution < 1.29 is 9.32 Å². The van der Waals surface area contributed by atoms with Crippen molar-refractivity contribution in [3.05, 3.63) is 41.7 Å². The third-order valence-corrected chi connectivity index (χ3v) is 5.90. The lowest BCUT2D eigenvalue weighted by atomic mass is 10.2. The Kier molecular flexibility index (Phi) is 5.07. The van der Waals surface area contributed by atoms with Crippen molar-refractivity contribution in [3.63, 3.8) is 0 Å². The molecule has 0 spiro atoms. The SMILES string of the molecule is CCC(SC1=Nc2ccccc2CS1)C(=O)Nc1cc(C)on1. The molecular formula is C16H17N3O2S2. The van der Waals surface area contributed by atoms with Crippen LogP contribution in [0, 0.1) is 6.92 Å². The van der Waals surface area contributed by atoms with E-state index in [0.717, 1.165) is 15.8 Å². The fourth-order valence-corrected chi connectivity index (χ4v) is 4.36.